The van der Waals surface area contributed by atoms with Crippen LogP contribution in [0.5, 0.6) is 11.5 Å². The Morgan fingerprint density at radius 1 is 1.00 bits per heavy atom. The number of hydrogen-bond donors (Lipinski definition) is 1. The highest BCUT2D eigenvalue weighted by Crippen LogP contribution is 2.51. The number of aryl methyl sites for hydroxylation is 1. The second kappa shape index (κ2) is 11.4. The minimum Gasteiger partial charge on any atom is -0.497 e. The molecular formula is C29H26ClF6NO4. The summed E-state index contributed by atoms with van der Waals surface area (Å²) in [5.41, 5.74) is -5.69. The molecule has 1 heterocycles. The molecule has 1 aliphatic rings. The van der Waals surface area contributed by atoms with Gasteiger partial charge in [-0.05, 0) is 49.1 Å². The summed E-state index contributed by atoms with van der Waals surface area (Å²) in [5, 5.41) is 10.2. The molecular weight excluding hydrogens is 576 g/mol. The van der Waals surface area contributed by atoms with Crippen molar-refractivity contribution in [3.8, 4) is 11.5 Å². The van der Waals surface area contributed by atoms with E-state index < -0.39 is 41.4 Å². The molecule has 0 saturated carbocycles. The molecule has 3 aromatic carbocycles. The van der Waals surface area contributed by atoms with Crippen LogP contribution in [0, 0.1) is 0 Å². The fourth-order valence-corrected chi connectivity index (χ4v) is 4.94. The molecule has 5 nitrogen and oxygen atoms in total. The Kier molecular flexibility index (Phi) is 8.52. The lowest BCUT2D eigenvalue weighted by Gasteiger charge is -2.34. The first kappa shape index (κ1) is 30.5. The van der Waals surface area contributed by atoms with Crippen molar-refractivity contribution >= 4 is 23.2 Å². The van der Waals surface area contributed by atoms with E-state index in [1.807, 2.05) is 0 Å². The molecule has 4 rings (SSSR count). The summed E-state index contributed by atoms with van der Waals surface area (Å²) >= 11 is 6.29. The molecule has 0 bridgehead atoms. The van der Waals surface area contributed by atoms with E-state index in [0.717, 1.165) is 6.07 Å². The molecule has 1 aliphatic heterocycles. The monoisotopic (exact) mass is 601 g/mol. The maximum Gasteiger partial charge on any atom is 0.430 e. The van der Waals surface area contributed by atoms with Gasteiger partial charge in [0, 0.05) is 17.3 Å². The van der Waals surface area contributed by atoms with Crippen LogP contribution < -0.4 is 14.4 Å². The first-order chi connectivity index (χ1) is 19.2. The highest BCUT2D eigenvalue weighted by Gasteiger charge is 2.71. The van der Waals surface area contributed by atoms with Crippen LogP contribution in [-0.4, -0.2) is 43.1 Å². The molecule has 2 atom stereocenters. The number of halogens is 7. The second-order valence-electron chi connectivity index (χ2n) is 9.71. The lowest BCUT2D eigenvalue weighted by Crippen LogP contribution is -2.54. The third-order valence-corrected chi connectivity index (χ3v) is 7.41. The van der Waals surface area contributed by atoms with Crippen molar-refractivity contribution in [2.24, 2.45) is 0 Å². The third-order valence-electron chi connectivity index (χ3n) is 7.10. The average Bonchev–Trinajstić information content (AvgIpc) is 3.11. The quantitative estimate of drug-likeness (QED) is 0.304. The van der Waals surface area contributed by atoms with Gasteiger partial charge in [0.2, 0.25) is 5.91 Å². The first-order valence-electron chi connectivity index (χ1n) is 12.5. The van der Waals surface area contributed by atoms with Crippen molar-refractivity contribution in [3.63, 3.8) is 0 Å². The Bertz CT molecular complexity index is 1380. The summed E-state index contributed by atoms with van der Waals surface area (Å²) in [7, 11) is 1.45. The van der Waals surface area contributed by atoms with E-state index in [1.54, 1.807) is 49.4 Å². The molecule has 0 saturated heterocycles. The number of nitrogens with zero attached hydrogens (tertiary/aromatic N) is 1. The summed E-state index contributed by atoms with van der Waals surface area (Å²) in [5.74, 6) is -0.477. The maximum absolute atomic E-state index is 13.8. The maximum atomic E-state index is 13.8. The summed E-state index contributed by atoms with van der Waals surface area (Å²) in [4.78, 5) is 15.1. The van der Waals surface area contributed by atoms with Gasteiger partial charge in [0.05, 0.1) is 24.6 Å². The standard InChI is InChI=1S/C29H26ClF6NO4/c1-17(18-6-4-3-5-7-18)26(38)37-16-22(41-25-15-21(40-2)11-12-23(25)30)10-8-19-14-20(9-13-24(19)37)27(39,28(31,32)33)29(34,35)36/h3-7,9,11-15,17,22,39H,8,10,16H2,1-2H3/t17-,22-/m0/s1. The highest BCUT2D eigenvalue weighted by atomic mass is 35.5. The molecule has 220 valence electrons. The second-order valence-corrected chi connectivity index (χ2v) is 10.1. The lowest BCUT2D eigenvalue weighted by molar-refractivity contribution is -0.376. The fourth-order valence-electron chi connectivity index (χ4n) is 4.78. The minimum absolute atomic E-state index is 0.0193. The van der Waals surface area contributed by atoms with Gasteiger partial charge in [0.1, 0.15) is 17.6 Å². The number of anilines is 1. The topological polar surface area (TPSA) is 59.0 Å². The van der Waals surface area contributed by atoms with Gasteiger partial charge in [0.25, 0.3) is 5.60 Å². The number of methoxy groups -OCH3 is 1. The molecule has 0 fully saturated rings. The Balaban J connectivity index is 1.78. The normalized spacial score (nSPS) is 16.9. The molecule has 1 amide bonds. The molecule has 3 aromatic rings. The van der Waals surface area contributed by atoms with E-state index in [-0.39, 0.29) is 41.4 Å². The van der Waals surface area contributed by atoms with Gasteiger partial charge < -0.3 is 19.5 Å². The summed E-state index contributed by atoms with van der Waals surface area (Å²) in [6.07, 6.45) is -12.8. The van der Waals surface area contributed by atoms with Gasteiger partial charge in [-0.25, -0.2) is 0 Å². The van der Waals surface area contributed by atoms with Crippen LogP contribution in [-0.2, 0) is 16.8 Å². The Hall–Kier alpha value is -3.44. The number of ether oxygens (including phenoxy) is 2. The smallest absolute Gasteiger partial charge is 0.430 e. The van der Waals surface area contributed by atoms with Crippen LogP contribution >= 0.6 is 11.6 Å². The number of carbonyl (C=O) groups excluding carboxylic acids is 1. The molecule has 0 spiro atoms. The van der Waals surface area contributed by atoms with Crippen molar-refractivity contribution in [1.82, 2.24) is 0 Å². The van der Waals surface area contributed by atoms with Gasteiger partial charge in [-0.2, -0.15) is 26.3 Å². The van der Waals surface area contributed by atoms with Crippen LogP contribution in [0.3, 0.4) is 0 Å². The van der Waals surface area contributed by atoms with Gasteiger partial charge in [-0.3, -0.25) is 4.79 Å². The Labute approximate surface area is 237 Å². The van der Waals surface area contributed by atoms with E-state index in [2.05, 4.69) is 0 Å². The fraction of sp³-hybridized carbons (Fsp3) is 0.345. The summed E-state index contributed by atoms with van der Waals surface area (Å²) in [6.45, 7) is 1.58. The van der Waals surface area contributed by atoms with Crippen molar-refractivity contribution < 1.29 is 45.7 Å². The minimum atomic E-state index is -6.05. The summed E-state index contributed by atoms with van der Waals surface area (Å²) in [6, 6.07) is 15.6. The SMILES string of the molecule is COc1ccc(Cl)c(O[C@H]2CCc3cc(C(O)(C(F)(F)F)C(F)(F)F)ccc3N(C(=O)[C@@H](C)c3ccccc3)C2)c1. The molecule has 0 aromatic heterocycles. The van der Waals surface area contributed by atoms with Crippen molar-refractivity contribution in [3.05, 3.63) is 88.4 Å². The number of amides is 1. The van der Waals surface area contributed by atoms with Crippen LogP contribution in [0.4, 0.5) is 32.0 Å². The predicted octanol–water partition coefficient (Wildman–Crippen LogP) is 7.19. The number of benzene rings is 3. The summed E-state index contributed by atoms with van der Waals surface area (Å²) < 4.78 is 93.0. The molecule has 0 radical (unpaired) electrons. The van der Waals surface area contributed by atoms with Crippen molar-refractivity contribution in [2.45, 2.75) is 49.7 Å². The van der Waals surface area contributed by atoms with Gasteiger partial charge in [0.15, 0.2) is 0 Å². The third kappa shape index (κ3) is 5.97. The number of fused-ring (bicyclic) bond motifs is 1. The molecule has 1 N–H and O–H groups in total. The zero-order valence-corrected chi connectivity index (χ0v) is 22.6. The van der Waals surface area contributed by atoms with E-state index in [0.29, 0.717) is 23.4 Å². The van der Waals surface area contributed by atoms with E-state index in [9.17, 15) is 36.2 Å². The predicted molar refractivity (Wildman–Crippen MR) is 140 cm³/mol. The largest absolute Gasteiger partial charge is 0.497 e. The first-order valence-corrected chi connectivity index (χ1v) is 12.9. The van der Waals surface area contributed by atoms with Crippen molar-refractivity contribution in [1.29, 1.82) is 0 Å². The molecule has 0 aliphatic carbocycles. The Morgan fingerprint density at radius 3 is 2.27 bits per heavy atom. The molecule has 41 heavy (non-hydrogen) atoms. The van der Waals surface area contributed by atoms with E-state index in [1.165, 1.54) is 18.1 Å². The van der Waals surface area contributed by atoms with E-state index in [4.69, 9.17) is 21.1 Å². The molecule has 12 heteroatoms. The van der Waals surface area contributed by atoms with E-state index >= 15 is 0 Å². The number of alkyl halides is 6. The van der Waals surface area contributed by atoms with Crippen LogP contribution in [0.2, 0.25) is 5.02 Å². The van der Waals surface area contributed by atoms with Crippen LogP contribution in [0.15, 0.2) is 66.7 Å². The zero-order chi connectivity index (χ0) is 30.2. The van der Waals surface area contributed by atoms with Crippen LogP contribution in [0.1, 0.15) is 36.0 Å². The van der Waals surface area contributed by atoms with Gasteiger partial charge >= 0.3 is 12.4 Å². The zero-order valence-electron chi connectivity index (χ0n) is 21.9. The van der Waals surface area contributed by atoms with Gasteiger partial charge in [-0.15, -0.1) is 0 Å². The number of carbonyl (C=O) groups is 1. The highest BCUT2D eigenvalue weighted by molar-refractivity contribution is 6.32. The Morgan fingerprint density at radius 2 is 1.66 bits per heavy atom. The number of rotatable bonds is 6. The average molecular weight is 602 g/mol. The van der Waals surface area contributed by atoms with Crippen molar-refractivity contribution in [2.75, 3.05) is 18.6 Å². The van der Waals surface area contributed by atoms with Crippen LogP contribution in [0.25, 0.3) is 0 Å². The lowest BCUT2D eigenvalue weighted by atomic mass is 9.89. The number of aliphatic hydroxyl groups is 1. The molecule has 0 unspecified atom stereocenters. The number of hydrogen-bond acceptors (Lipinski definition) is 4. The van der Waals surface area contributed by atoms with Gasteiger partial charge in [-0.1, -0.05) is 54.1 Å².